The molecule has 11 rings (SSSR count). The van der Waals surface area contributed by atoms with Crippen LogP contribution < -0.4 is 68.5 Å². The minimum absolute atomic E-state index is 0.131. The normalized spacial score (nSPS) is 14.3. The van der Waals surface area contributed by atoms with Gasteiger partial charge in [0.05, 0.1) is 93.4 Å². The van der Waals surface area contributed by atoms with Crippen LogP contribution in [0.25, 0.3) is 0 Å². The molecular weight excluding hydrogens is 1580 g/mol. The molecule has 1 atom stereocenters. The molecule has 5 saturated carbocycles. The van der Waals surface area contributed by atoms with Gasteiger partial charge in [-0.05, 0) is 286 Å². The van der Waals surface area contributed by atoms with Crippen molar-refractivity contribution in [3.63, 3.8) is 0 Å². The van der Waals surface area contributed by atoms with Crippen molar-refractivity contribution in [1.82, 2.24) is 63.8 Å². The lowest BCUT2D eigenvalue weighted by Crippen LogP contribution is -2.30. The number of rotatable bonds is 51. The standard InChI is InChI=1S/2C19H30N2O.C18H28N2O2.C18H28N2O.C17H26N2O.C16H26N2O2/c1-13(2)21-15(4)20-12-18-11-17(14(3)22-5)9-10-19(18)16-7-6-8-16;1-14(2)21-15(3)20-12-18-11-16(13-22-4)9-10-19(18)17-7-5-6-8-17;1-13(2)20-14(3)19-10-17-9-15(11-21-4)5-6-16(17)12-22-18-7-8-18;1-13(2)20-14(3)19-11-17-10-15(12-21-4)8-9-18(17)16-6-5-7-16;1-12(2)19-13(3)18-10-16-9-14(11-20-4)5-8-17(16)15-6-7-15;1-6-20-16-8-7-14(11-19-5)9-15(16)10-17-13(4)18-12(2)3/h9-11,13-14,16,20-21H,4,6-8,12H2,1-3,5H3;9-11,14,17,20-21H,3,5-8,12-13H2,1-2,4H3;5-6,9,13,18-20H,3,7-8,10-12H2,1-2,4H3;8-10,13,16,19-20H,3,5-7,11-12H2,1-2,4H3;5,8-9,12,15,18-19H,3,6-7,10-11H2,1-2,4H3;7-9,12,17-18H,4,6,10-11H2,1-3,5H3. The van der Waals surface area contributed by atoms with Gasteiger partial charge in [0.15, 0.2) is 0 Å². The van der Waals surface area contributed by atoms with Crippen LogP contribution in [-0.4, -0.2) is 91.6 Å². The molecule has 5 aliphatic rings. The van der Waals surface area contributed by atoms with E-state index in [1.165, 1.54) is 173 Å². The predicted molar refractivity (Wildman–Crippen MR) is 528 cm³/mol. The van der Waals surface area contributed by atoms with Crippen LogP contribution in [0.5, 0.6) is 5.75 Å². The molecule has 0 amide bonds. The molecule has 0 bridgehead atoms. The molecule has 704 valence electrons. The van der Waals surface area contributed by atoms with Crippen LogP contribution in [0.1, 0.15) is 311 Å². The summed E-state index contributed by atoms with van der Waals surface area (Å²) in [6.45, 7) is 62.7. The third-order valence-electron chi connectivity index (χ3n) is 22.5. The average Bonchev–Trinajstić information content (AvgIpc) is 1.66. The number of ether oxygens (including phenoxy) is 8. The molecule has 0 aliphatic heterocycles. The van der Waals surface area contributed by atoms with Gasteiger partial charge in [-0.25, -0.2) is 0 Å². The molecule has 0 spiro atoms. The van der Waals surface area contributed by atoms with E-state index >= 15 is 0 Å². The van der Waals surface area contributed by atoms with Crippen molar-refractivity contribution >= 4 is 0 Å². The molecule has 6 aromatic rings. The maximum atomic E-state index is 5.85. The lowest BCUT2D eigenvalue weighted by atomic mass is 9.77. The summed E-state index contributed by atoms with van der Waals surface area (Å²) in [6, 6.07) is 41.9. The first kappa shape index (κ1) is 107. The third-order valence-corrected chi connectivity index (χ3v) is 22.5. The Morgan fingerprint density at radius 1 is 0.299 bits per heavy atom. The second-order valence-corrected chi connectivity index (χ2v) is 36.4. The summed E-state index contributed by atoms with van der Waals surface area (Å²) in [5.74, 6) is 9.08. The number of nitrogens with one attached hydrogen (secondary N) is 12. The first-order valence-corrected chi connectivity index (χ1v) is 47.0. The smallest absolute Gasteiger partial charge is 0.124 e. The van der Waals surface area contributed by atoms with Gasteiger partial charge >= 0.3 is 0 Å². The third kappa shape index (κ3) is 41.5. The Balaban J connectivity index is 0.000000235. The van der Waals surface area contributed by atoms with Crippen LogP contribution in [-0.2, 0) is 112 Å². The molecule has 6 aromatic carbocycles. The maximum Gasteiger partial charge on any atom is 0.124 e. The molecular formula is C107H168N12O8. The Labute approximate surface area is 768 Å². The van der Waals surface area contributed by atoms with Crippen molar-refractivity contribution in [3.05, 3.63) is 278 Å². The fraction of sp³-hybridized carbons (Fsp3) is 0.551. The SMILES string of the molecule is C=C(NCc1cc(C(C)OC)ccc1C1CCC1)NC(C)C.C=C(NCc1cc(COC)ccc1C1CC1)NC(C)C.C=C(NCc1cc(COC)ccc1C1CCC1)NC(C)C.C=C(NCc1cc(COC)ccc1C1CCCC1)NC(C)C.C=C(NCc1cc(COC)ccc1COC1CC1)NC(C)C.C=C(NCc1cc(COC)ccc1OCC)NC(C)C. The lowest BCUT2D eigenvalue weighted by Gasteiger charge is -2.29. The number of hydrogen-bond acceptors (Lipinski definition) is 20. The summed E-state index contributed by atoms with van der Waals surface area (Å²) in [7, 11) is 10.4. The molecule has 20 heteroatoms. The fourth-order valence-corrected chi connectivity index (χ4v) is 15.7. The second-order valence-electron chi connectivity index (χ2n) is 36.4. The molecule has 1 unspecified atom stereocenters. The summed E-state index contributed by atoms with van der Waals surface area (Å²) in [6.07, 6.45) is 19.0. The van der Waals surface area contributed by atoms with E-state index in [9.17, 15) is 0 Å². The number of benzene rings is 6. The number of methoxy groups -OCH3 is 6. The van der Waals surface area contributed by atoms with Crippen molar-refractivity contribution in [2.24, 2.45) is 0 Å². The topological polar surface area (TPSA) is 218 Å². The van der Waals surface area contributed by atoms with Crippen molar-refractivity contribution in [3.8, 4) is 5.75 Å². The van der Waals surface area contributed by atoms with Gasteiger partial charge < -0.3 is 102 Å². The molecule has 5 fully saturated rings. The highest BCUT2D eigenvalue weighted by molar-refractivity contribution is 5.42. The molecule has 0 aromatic heterocycles. The van der Waals surface area contributed by atoms with Gasteiger partial charge in [0.2, 0.25) is 0 Å². The van der Waals surface area contributed by atoms with Crippen molar-refractivity contribution in [2.75, 3.05) is 49.3 Å². The quantitative estimate of drug-likeness (QED) is 0.0171. The van der Waals surface area contributed by atoms with E-state index in [-0.39, 0.29) is 6.10 Å². The van der Waals surface area contributed by atoms with Crippen molar-refractivity contribution in [1.29, 1.82) is 0 Å². The monoisotopic (exact) mass is 1750 g/mol. The van der Waals surface area contributed by atoms with Gasteiger partial charge in [-0.15, -0.1) is 0 Å². The van der Waals surface area contributed by atoms with Gasteiger partial charge in [0, 0.05) is 124 Å². The summed E-state index contributed by atoms with van der Waals surface area (Å²) >= 11 is 0. The Morgan fingerprint density at radius 2 is 0.575 bits per heavy atom. The lowest BCUT2D eigenvalue weighted by molar-refractivity contribution is 0.105. The molecule has 12 N–H and O–H groups in total. The highest BCUT2D eigenvalue weighted by Crippen LogP contribution is 2.43. The molecule has 5 aliphatic carbocycles. The fourth-order valence-electron chi connectivity index (χ4n) is 15.7. The van der Waals surface area contributed by atoms with Gasteiger partial charge in [-0.3, -0.25) is 0 Å². The summed E-state index contributed by atoms with van der Waals surface area (Å²) in [4.78, 5) is 0. The predicted octanol–water partition coefficient (Wildman–Crippen LogP) is 21.1. The van der Waals surface area contributed by atoms with Gasteiger partial charge in [-0.1, -0.05) is 162 Å². The van der Waals surface area contributed by atoms with E-state index in [2.05, 4.69) is 290 Å². The first-order valence-electron chi connectivity index (χ1n) is 47.0. The Hall–Kier alpha value is -9.12. The zero-order valence-electron chi connectivity index (χ0n) is 81.9. The van der Waals surface area contributed by atoms with E-state index in [1.54, 1.807) is 42.7 Å². The average molecular weight is 1750 g/mol. The minimum Gasteiger partial charge on any atom is -0.494 e. The molecule has 20 nitrogen and oxygen atoms in total. The zero-order valence-corrected chi connectivity index (χ0v) is 81.9. The van der Waals surface area contributed by atoms with Crippen molar-refractivity contribution < 1.29 is 37.9 Å². The van der Waals surface area contributed by atoms with E-state index < -0.39 is 0 Å². The highest BCUT2D eigenvalue weighted by atomic mass is 16.5. The second kappa shape index (κ2) is 58.4. The van der Waals surface area contributed by atoms with Crippen LogP contribution >= 0.6 is 0 Å². The van der Waals surface area contributed by atoms with Crippen molar-refractivity contribution in [2.45, 2.75) is 338 Å². The molecule has 127 heavy (non-hydrogen) atoms. The zero-order chi connectivity index (χ0) is 92.7. The summed E-state index contributed by atoms with van der Waals surface area (Å²) < 4.78 is 43.1. The van der Waals surface area contributed by atoms with Crippen LogP contribution in [0.3, 0.4) is 0 Å². The van der Waals surface area contributed by atoms with Crippen LogP contribution in [0.15, 0.2) is 184 Å². The minimum atomic E-state index is 0.131. The van der Waals surface area contributed by atoms with Gasteiger partial charge in [-0.2, -0.15) is 0 Å². The van der Waals surface area contributed by atoms with E-state index in [0.717, 1.165) is 108 Å². The van der Waals surface area contributed by atoms with Crippen LogP contribution in [0, 0.1) is 0 Å². The van der Waals surface area contributed by atoms with E-state index in [0.29, 0.717) is 95.1 Å². The first-order chi connectivity index (χ1) is 60.9. The molecule has 0 radical (unpaired) electrons. The highest BCUT2D eigenvalue weighted by Gasteiger charge is 2.28. The van der Waals surface area contributed by atoms with E-state index in [4.69, 9.17) is 37.9 Å². The maximum absolute atomic E-state index is 5.85. The van der Waals surface area contributed by atoms with Gasteiger partial charge in [0.1, 0.15) is 5.75 Å². The Bertz CT molecular complexity index is 4250. The molecule has 0 saturated heterocycles. The number of hydrogen-bond donors (Lipinski definition) is 12. The van der Waals surface area contributed by atoms with Gasteiger partial charge in [0.25, 0.3) is 0 Å². The van der Waals surface area contributed by atoms with Crippen LogP contribution in [0.4, 0.5) is 0 Å². The largest absolute Gasteiger partial charge is 0.494 e. The molecule has 0 heterocycles. The Kier molecular flexibility index (Phi) is 49.1. The van der Waals surface area contributed by atoms with E-state index in [1.807, 2.05) is 19.1 Å². The Morgan fingerprint density at radius 3 is 0.866 bits per heavy atom. The summed E-state index contributed by atoms with van der Waals surface area (Å²) in [5.41, 5.74) is 22.3. The summed E-state index contributed by atoms with van der Waals surface area (Å²) in [5, 5.41) is 39.9. The van der Waals surface area contributed by atoms with Crippen LogP contribution in [0.2, 0.25) is 0 Å².